The Bertz CT molecular complexity index is 754. The highest BCUT2D eigenvalue weighted by Gasteiger charge is 2.01. The SMILES string of the molecule is CCNC(=NCc1cccc(COCCOCC)c1)NCCc1ccc(OC)cc1.I. The summed E-state index contributed by atoms with van der Waals surface area (Å²) in [5, 5.41) is 6.71. The molecule has 2 aromatic rings. The summed E-state index contributed by atoms with van der Waals surface area (Å²) < 4.78 is 16.2. The third-order valence-corrected chi connectivity index (χ3v) is 4.47. The monoisotopic (exact) mass is 541 g/mol. The molecule has 2 aromatic carbocycles. The quantitative estimate of drug-likeness (QED) is 0.173. The number of methoxy groups -OCH3 is 1. The molecule has 0 aliphatic rings. The number of ether oxygens (including phenoxy) is 3. The Kier molecular flexibility index (Phi) is 14.7. The lowest BCUT2D eigenvalue weighted by molar-refractivity contribution is 0.0453. The molecule has 0 aliphatic heterocycles. The van der Waals surface area contributed by atoms with E-state index in [1.165, 1.54) is 5.56 Å². The molecule has 0 atom stereocenters. The Labute approximate surface area is 203 Å². The molecular weight excluding hydrogens is 505 g/mol. The zero-order valence-electron chi connectivity index (χ0n) is 18.9. The van der Waals surface area contributed by atoms with Crippen LogP contribution < -0.4 is 15.4 Å². The largest absolute Gasteiger partial charge is 0.497 e. The molecule has 31 heavy (non-hydrogen) atoms. The van der Waals surface area contributed by atoms with E-state index in [2.05, 4.69) is 54.0 Å². The molecule has 0 saturated heterocycles. The van der Waals surface area contributed by atoms with Crippen LogP contribution in [0.15, 0.2) is 53.5 Å². The van der Waals surface area contributed by atoms with Gasteiger partial charge in [-0.05, 0) is 49.1 Å². The molecule has 2 rings (SSSR count). The molecule has 172 valence electrons. The maximum Gasteiger partial charge on any atom is 0.191 e. The van der Waals surface area contributed by atoms with Gasteiger partial charge in [0.25, 0.3) is 0 Å². The van der Waals surface area contributed by atoms with Crippen molar-refractivity contribution < 1.29 is 14.2 Å². The first-order valence-corrected chi connectivity index (χ1v) is 10.6. The Balaban J connectivity index is 0.00000480. The van der Waals surface area contributed by atoms with Crippen molar-refractivity contribution >= 4 is 29.9 Å². The maximum absolute atomic E-state index is 5.66. The summed E-state index contributed by atoms with van der Waals surface area (Å²) in [6.45, 7) is 8.86. The number of halogens is 1. The van der Waals surface area contributed by atoms with E-state index in [9.17, 15) is 0 Å². The van der Waals surface area contributed by atoms with Crippen molar-refractivity contribution in [2.24, 2.45) is 4.99 Å². The second-order valence-corrected chi connectivity index (χ2v) is 6.79. The van der Waals surface area contributed by atoms with Gasteiger partial charge in [-0.3, -0.25) is 0 Å². The number of benzene rings is 2. The molecule has 0 heterocycles. The van der Waals surface area contributed by atoms with E-state index in [0.717, 1.165) is 49.0 Å². The summed E-state index contributed by atoms with van der Waals surface area (Å²) >= 11 is 0. The van der Waals surface area contributed by atoms with Crippen LogP contribution in [0, 0.1) is 0 Å². The summed E-state index contributed by atoms with van der Waals surface area (Å²) in [6, 6.07) is 16.5. The lowest BCUT2D eigenvalue weighted by Crippen LogP contribution is -2.38. The van der Waals surface area contributed by atoms with Crippen LogP contribution >= 0.6 is 24.0 Å². The predicted molar refractivity (Wildman–Crippen MR) is 138 cm³/mol. The van der Waals surface area contributed by atoms with Crippen molar-refractivity contribution in [3.05, 3.63) is 65.2 Å². The summed E-state index contributed by atoms with van der Waals surface area (Å²) in [5.41, 5.74) is 3.57. The summed E-state index contributed by atoms with van der Waals surface area (Å²) in [5.74, 6) is 1.70. The molecule has 0 radical (unpaired) electrons. The van der Waals surface area contributed by atoms with Crippen LogP contribution in [-0.4, -0.2) is 46.0 Å². The standard InChI is InChI=1S/C24H35N3O3.HI/c1-4-25-24(26-14-13-20-9-11-23(28-3)12-10-20)27-18-21-7-6-8-22(17-21)19-30-16-15-29-5-2;/h6-12,17H,4-5,13-16,18-19H2,1-3H3,(H2,25,26,27);1H. The number of rotatable bonds is 13. The van der Waals surface area contributed by atoms with Gasteiger partial charge in [-0.1, -0.05) is 36.4 Å². The zero-order chi connectivity index (χ0) is 21.4. The summed E-state index contributed by atoms with van der Waals surface area (Å²) in [6.07, 6.45) is 0.920. The van der Waals surface area contributed by atoms with Gasteiger partial charge in [0.15, 0.2) is 5.96 Å². The van der Waals surface area contributed by atoms with Crippen molar-refractivity contribution in [2.45, 2.75) is 33.4 Å². The van der Waals surface area contributed by atoms with E-state index >= 15 is 0 Å². The minimum absolute atomic E-state index is 0. The molecule has 6 nitrogen and oxygen atoms in total. The second kappa shape index (κ2) is 16.8. The summed E-state index contributed by atoms with van der Waals surface area (Å²) in [7, 11) is 1.68. The first-order chi connectivity index (χ1) is 14.7. The third-order valence-electron chi connectivity index (χ3n) is 4.47. The smallest absolute Gasteiger partial charge is 0.191 e. The van der Waals surface area contributed by atoms with Crippen LogP contribution in [0.4, 0.5) is 0 Å². The number of hydrogen-bond donors (Lipinski definition) is 2. The van der Waals surface area contributed by atoms with Gasteiger partial charge < -0.3 is 24.8 Å². The molecule has 0 unspecified atom stereocenters. The topological polar surface area (TPSA) is 64.1 Å². The minimum atomic E-state index is 0. The Morgan fingerprint density at radius 3 is 2.35 bits per heavy atom. The van der Waals surface area contributed by atoms with Gasteiger partial charge in [-0.15, -0.1) is 24.0 Å². The second-order valence-electron chi connectivity index (χ2n) is 6.79. The summed E-state index contributed by atoms with van der Waals surface area (Å²) in [4.78, 5) is 4.72. The maximum atomic E-state index is 5.66. The van der Waals surface area contributed by atoms with E-state index < -0.39 is 0 Å². The van der Waals surface area contributed by atoms with Crippen LogP contribution in [0.25, 0.3) is 0 Å². The fraction of sp³-hybridized carbons (Fsp3) is 0.458. The molecule has 0 aromatic heterocycles. The van der Waals surface area contributed by atoms with Crippen LogP contribution in [0.1, 0.15) is 30.5 Å². The van der Waals surface area contributed by atoms with Gasteiger partial charge in [0.05, 0.1) is 33.5 Å². The van der Waals surface area contributed by atoms with E-state index in [1.807, 2.05) is 19.1 Å². The zero-order valence-corrected chi connectivity index (χ0v) is 21.2. The fourth-order valence-corrected chi connectivity index (χ4v) is 2.90. The predicted octanol–water partition coefficient (Wildman–Crippen LogP) is 4.16. The number of guanidine groups is 1. The molecule has 0 amide bonds. The molecule has 0 fully saturated rings. The molecule has 0 saturated carbocycles. The van der Waals surface area contributed by atoms with Crippen molar-refractivity contribution in [1.82, 2.24) is 10.6 Å². The van der Waals surface area contributed by atoms with E-state index in [4.69, 9.17) is 19.2 Å². The van der Waals surface area contributed by atoms with Crippen LogP contribution in [0.2, 0.25) is 0 Å². The molecule has 0 spiro atoms. The van der Waals surface area contributed by atoms with E-state index in [1.54, 1.807) is 7.11 Å². The first-order valence-electron chi connectivity index (χ1n) is 10.6. The fourth-order valence-electron chi connectivity index (χ4n) is 2.90. The molecule has 2 N–H and O–H groups in total. The van der Waals surface area contributed by atoms with Crippen molar-refractivity contribution in [2.75, 3.05) is 40.0 Å². The lowest BCUT2D eigenvalue weighted by atomic mass is 10.1. The Morgan fingerprint density at radius 2 is 1.65 bits per heavy atom. The van der Waals surface area contributed by atoms with Crippen molar-refractivity contribution in [3.63, 3.8) is 0 Å². The van der Waals surface area contributed by atoms with Crippen molar-refractivity contribution in [3.8, 4) is 5.75 Å². The normalized spacial score (nSPS) is 11.0. The third kappa shape index (κ3) is 11.4. The van der Waals surface area contributed by atoms with Gasteiger partial charge in [0.1, 0.15) is 5.75 Å². The highest BCUT2D eigenvalue weighted by Crippen LogP contribution is 2.11. The van der Waals surface area contributed by atoms with Gasteiger partial charge in [0.2, 0.25) is 0 Å². The number of hydrogen-bond acceptors (Lipinski definition) is 4. The van der Waals surface area contributed by atoms with Gasteiger partial charge in [-0.2, -0.15) is 0 Å². The molecule has 0 bridgehead atoms. The Morgan fingerprint density at radius 1 is 0.903 bits per heavy atom. The van der Waals surface area contributed by atoms with Crippen molar-refractivity contribution in [1.29, 1.82) is 0 Å². The molecule has 7 heteroatoms. The average Bonchev–Trinajstić information content (AvgIpc) is 2.78. The van der Waals surface area contributed by atoms with E-state index in [-0.39, 0.29) is 24.0 Å². The number of nitrogens with one attached hydrogen (secondary N) is 2. The van der Waals surface area contributed by atoms with Crippen LogP contribution in [-0.2, 0) is 29.0 Å². The van der Waals surface area contributed by atoms with Gasteiger partial charge >= 0.3 is 0 Å². The lowest BCUT2D eigenvalue weighted by Gasteiger charge is -2.12. The average molecular weight is 541 g/mol. The first kappa shape index (κ1) is 27.2. The minimum Gasteiger partial charge on any atom is -0.497 e. The molecular formula is C24H36IN3O3. The highest BCUT2D eigenvalue weighted by atomic mass is 127. The van der Waals surface area contributed by atoms with Crippen LogP contribution in [0.5, 0.6) is 5.75 Å². The van der Waals surface area contributed by atoms with E-state index in [0.29, 0.717) is 26.4 Å². The van der Waals surface area contributed by atoms with Gasteiger partial charge in [-0.25, -0.2) is 4.99 Å². The van der Waals surface area contributed by atoms with Crippen LogP contribution in [0.3, 0.4) is 0 Å². The Hall–Kier alpha value is -1.84. The number of nitrogens with zero attached hydrogens (tertiary/aromatic N) is 1. The number of aliphatic imine (C=N–C) groups is 1. The molecule has 0 aliphatic carbocycles. The highest BCUT2D eigenvalue weighted by molar-refractivity contribution is 14.0. The van der Waals surface area contributed by atoms with Gasteiger partial charge in [0, 0.05) is 19.7 Å².